The van der Waals surface area contributed by atoms with Crippen molar-refractivity contribution in [2.24, 2.45) is 7.05 Å². The summed E-state index contributed by atoms with van der Waals surface area (Å²) in [6.45, 7) is 3.18. The molecule has 0 saturated carbocycles. The van der Waals surface area contributed by atoms with Crippen molar-refractivity contribution >= 4 is 17.7 Å². The Morgan fingerprint density at radius 1 is 0.938 bits per heavy atom. The number of nitrogens with zero attached hydrogens (tertiary/aromatic N) is 2. The molecule has 0 radical (unpaired) electrons. The van der Waals surface area contributed by atoms with Crippen LogP contribution in [0.1, 0.15) is 32.9 Å². The average molecular weight is 437 g/mol. The van der Waals surface area contributed by atoms with E-state index in [0.717, 1.165) is 16.3 Å². The van der Waals surface area contributed by atoms with Crippen molar-refractivity contribution in [3.8, 4) is 0 Å². The van der Waals surface area contributed by atoms with Crippen LogP contribution in [-0.4, -0.2) is 33.7 Å². The summed E-state index contributed by atoms with van der Waals surface area (Å²) in [6.07, 6.45) is 0. The average Bonchev–Trinajstić information content (AvgIpc) is 3.17. The van der Waals surface area contributed by atoms with Gasteiger partial charge in [0.15, 0.2) is 11.3 Å². The molecule has 1 N–H and O–H groups in total. The second-order valence-corrected chi connectivity index (χ2v) is 7.85. The van der Waals surface area contributed by atoms with E-state index in [1.165, 1.54) is 48.5 Å². The lowest BCUT2D eigenvalue weighted by atomic mass is 9.82. The molecule has 4 rings (SSSR count). The molecule has 164 valence electrons. The molecule has 3 amide bonds. The number of rotatable bonds is 5. The van der Waals surface area contributed by atoms with Crippen LogP contribution in [0.5, 0.6) is 0 Å². The maximum Gasteiger partial charge on any atom is 0.325 e. The molecule has 1 fully saturated rings. The van der Waals surface area contributed by atoms with Crippen LogP contribution in [0.25, 0.3) is 0 Å². The fraction of sp³-hybridized carbons (Fsp3) is 0.208. The lowest BCUT2D eigenvalue weighted by Crippen LogP contribution is -2.45. The van der Waals surface area contributed by atoms with E-state index in [9.17, 15) is 23.2 Å². The fourth-order valence-electron chi connectivity index (χ4n) is 4.04. The number of halogens is 2. The number of hydrogen-bond donors (Lipinski definition) is 1. The van der Waals surface area contributed by atoms with Gasteiger partial charge in [-0.1, -0.05) is 24.3 Å². The lowest BCUT2D eigenvalue weighted by Gasteiger charge is -2.28. The van der Waals surface area contributed by atoms with E-state index < -0.39 is 35.7 Å². The minimum atomic E-state index is -1.71. The molecular formula is C24H21F2N3O3. The molecule has 1 aliphatic heterocycles. The zero-order valence-electron chi connectivity index (χ0n) is 17.8. The highest BCUT2D eigenvalue weighted by Gasteiger charge is 2.54. The number of carbonyl (C=O) groups is 3. The number of ketones is 1. The fourth-order valence-corrected chi connectivity index (χ4v) is 4.04. The first-order valence-electron chi connectivity index (χ1n) is 9.97. The maximum absolute atomic E-state index is 13.6. The molecule has 0 spiro atoms. The monoisotopic (exact) mass is 437 g/mol. The Hall–Kier alpha value is -3.81. The Bertz CT molecular complexity index is 1190. The van der Waals surface area contributed by atoms with Gasteiger partial charge in [-0.05, 0) is 55.3 Å². The van der Waals surface area contributed by atoms with Gasteiger partial charge in [-0.3, -0.25) is 14.5 Å². The number of aryl methyl sites for hydroxylation is 1. The van der Waals surface area contributed by atoms with Crippen molar-refractivity contribution in [2.45, 2.75) is 19.4 Å². The summed E-state index contributed by atoms with van der Waals surface area (Å²) in [5.41, 5.74) is 0.904. The van der Waals surface area contributed by atoms with Crippen molar-refractivity contribution < 1.29 is 23.2 Å². The van der Waals surface area contributed by atoms with Crippen LogP contribution in [0.3, 0.4) is 0 Å². The molecule has 0 atom stereocenters. The SMILES string of the molecule is Cc1cc(C(=O)CN2C(=O)NC(c3ccc(F)cc3)(c3ccc(F)cc3)C2=O)c(C)n1C. The van der Waals surface area contributed by atoms with Gasteiger partial charge in [-0.15, -0.1) is 0 Å². The quantitative estimate of drug-likeness (QED) is 0.490. The number of hydrogen-bond acceptors (Lipinski definition) is 3. The van der Waals surface area contributed by atoms with E-state index in [-0.39, 0.29) is 5.78 Å². The number of Topliss-reactive ketones (excluding diaryl/α,β-unsaturated/α-hetero) is 1. The predicted octanol–water partition coefficient (Wildman–Crippen LogP) is 3.60. The second kappa shape index (κ2) is 7.71. The topological polar surface area (TPSA) is 71.4 Å². The normalized spacial score (nSPS) is 15.2. The van der Waals surface area contributed by atoms with E-state index in [2.05, 4.69) is 5.32 Å². The van der Waals surface area contributed by atoms with Gasteiger partial charge >= 0.3 is 6.03 Å². The minimum absolute atomic E-state index is 0.297. The van der Waals surface area contributed by atoms with Gasteiger partial charge in [0, 0.05) is 24.0 Å². The molecule has 1 saturated heterocycles. The molecular weight excluding hydrogens is 416 g/mol. The Morgan fingerprint density at radius 2 is 1.44 bits per heavy atom. The van der Waals surface area contributed by atoms with Crippen molar-refractivity contribution in [2.75, 3.05) is 6.54 Å². The minimum Gasteiger partial charge on any atom is -0.351 e. The largest absolute Gasteiger partial charge is 0.351 e. The molecule has 2 aromatic carbocycles. The molecule has 8 heteroatoms. The number of amides is 3. The van der Waals surface area contributed by atoms with E-state index in [1.54, 1.807) is 13.0 Å². The molecule has 2 heterocycles. The number of aromatic nitrogens is 1. The third-order valence-electron chi connectivity index (χ3n) is 6.04. The van der Waals surface area contributed by atoms with Crippen molar-refractivity contribution in [3.63, 3.8) is 0 Å². The number of urea groups is 1. The van der Waals surface area contributed by atoms with Gasteiger partial charge in [0.2, 0.25) is 0 Å². The van der Waals surface area contributed by atoms with Gasteiger partial charge in [-0.2, -0.15) is 0 Å². The summed E-state index contributed by atoms with van der Waals surface area (Å²) >= 11 is 0. The first kappa shape index (κ1) is 21.4. The summed E-state index contributed by atoms with van der Waals surface area (Å²) in [7, 11) is 1.82. The molecule has 1 aliphatic rings. The maximum atomic E-state index is 13.6. The highest BCUT2D eigenvalue weighted by atomic mass is 19.1. The van der Waals surface area contributed by atoms with Gasteiger partial charge in [-0.25, -0.2) is 13.6 Å². The van der Waals surface area contributed by atoms with E-state index in [1.807, 2.05) is 18.5 Å². The molecule has 6 nitrogen and oxygen atoms in total. The number of benzene rings is 2. The van der Waals surface area contributed by atoms with Crippen LogP contribution in [0.15, 0.2) is 54.6 Å². The van der Waals surface area contributed by atoms with Gasteiger partial charge in [0.1, 0.15) is 11.6 Å². The smallest absolute Gasteiger partial charge is 0.325 e. The van der Waals surface area contributed by atoms with Crippen LogP contribution in [-0.2, 0) is 17.4 Å². The summed E-state index contributed by atoms with van der Waals surface area (Å²) in [4.78, 5) is 40.3. The zero-order valence-corrected chi connectivity index (χ0v) is 17.8. The first-order chi connectivity index (χ1) is 15.1. The Labute approximate surface area is 183 Å². The van der Waals surface area contributed by atoms with Crippen LogP contribution in [0.4, 0.5) is 13.6 Å². The molecule has 0 bridgehead atoms. The van der Waals surface area contributed by atoms with Crippen LogP contribution in [0, 0.1) is 25.5 Å². The predicted molar refractivity (Wildman–Crippen MR) is 113 cm³/mol. The van der Waals surface area contributed by atoms with Crippen LogP contribution < -0.4 is 5.32 Å². The van der Waals surface area contributed by atoms with Crippen LogP contribution in [0.2, 0.25) is 0 Å². The van der Waals surface area contributed by atoms with E-state index in [0.29, 0.717) is 16.7 Å². The summed E-state index contributed by atoms with van der Waals surface area (Å²) in [5.74, 6) is -2.11. The third-order valence-corrected chi connectivity index (χ3v) is 6.04. The van der Waals surface area contributed by atoms with Gasteiger partial charge < -0.3 is 9.88 Å². The Balaban J connectivity index is 1.76. The van der Waals surface area contributed by atoms with Gasteiger partial charge in [0.25, 0.3) is 5.91 Å². The lowest BCUT2D eigenvalue weighted by molar-refractivity contribution is -0.129. The van der Waals surface area contributed by atoms with Crippen molar-refractivity contribution in [1.82, 2.24) is 14.8 Å². The molecule has 32 heavy (non-hydrogen) atoms. The first-order valence-corrected chi connectivity index (χ1v) is 9.97. The molecule has 0 aliphatic carbocycles. The van der Waals surface area contributed by atoms with Crippen molar-refractivity contribution in [3.05, 3.63) is 94.3 Å². The molecule has 0 unspecified atom stereocenters. The second-order valence-electron chi connectivity index (χ2n) is 7.85. The number of carbonyl (C=O) groups excluding carboxylic acids is 3. The highest BCUT2D eigenvalue weighted by molar-refractivity contribution is 6.13. The summed E-state index contributed by atoms with van der Waals surface area (Å²) in [6, 6.07) is 11.2. The summed E-state index contributed by atoms with van der Waals surface area (Å²) in [5, 5.41) is 2.66. The highest BCUT2D eigenvalue weighted by Crippen LogP contribution is 2.36. The molecule has 1 aromatic heterocycles. The summed E-state index contributed by atoms with van der Waals surface area (Å²) < 4.78 is 29.0. The third kappa shape index (κ3) is 3.28. The Kier molecular flexibility index (Phi) is 5.16. The van der Waals surface area contributed by atoms with Gasteiger partial charge in [0.05, 0.1) is 6.54 Å². The number of nitrogens with one attached hydrogen (secondary N) is 1. The van der Waals surface area contributed by atoms with Crippen molar-refractivity contribution in [1.29, 1.82) is 0 Å². The standard InChI is InChI=1S/C24H21F2N3O3/c1-14-12-20(15(2)28(14)3)21(30)13-29-22(31)24(27-23(29)32,16-4-8-18(25)9-5-16)17-6-10-19(26)11-7-17/h4-12H,13H2,1-3H3,(H,27,32). The zero-order chi connectivity index (χ0) is 23.2. The van der Waals surface area contributed by atoms with E-state index in [4.69, 9.17) is 0 Å². The number of imide groups is 1. The van der Waals surface area contributed by atoms with Crippen LogP contribution >= 0.6 is 0 Å². The Morgan fingerprint density at radius 3 is 1.88 bits per heavy atom. The molecule has 3 aromatic rings. The van der Waals surface area contributed by atoms with E-state index >= 15 is 0 Å².